The van der Waals surface area contributed by atoms with E-state index in [1.807, 2.05) is 25.3 Å². The predicted molar refractivity (Wildman–Crippen MR) is 74.6 cm³/mol. The van der Waals surface area contributed by atoms with Gasteiger partial charge < -0.3 is 0 Å². The van der Waals surface area contributed by atoms with E-state index in [2.05, 4.69) is 25.9 Å². The minimum absolute atomic E-state index is 0.628. The molecule has 1 aliphatic carbocycles. The molecule has 1 aliphatic rings. The Morgan fingerprint density at radius 3 is 2.83 bits per heavy atom. The second-order valence-electron chi connectivity index (χ2n) is 4.68. The Morgan fingerprint density at radius 1 is 1.33 bits per heavy atom. The summed E-state index contributed by atoms with van der Waals surface area (Å²) in [6, 6.07) is 3.98. The topological polar surface area (TPSA) is 38.7 Å². The highest BCUT2D eigenvalue weighted by molar-refractivity contribution is 9.08. The molecule has 0 N–H and O–H groups in total. The minimum atomic E-state index is 0.628. The Hall–Kier alpha value is -1.29. The molecule has 3 nitrogen and oxygen atoms in total. The van der Waals surface area contributed by atoms with E-state index in [1.165, 1.54) is 24.1 Å². The van der Waals surface area contributed by atoms with Crippen molar-refractivity contribution in [3.63, 3.8) is 0 Å². The van der Waals surface area contributed by atoms with E-state index in [9.17, 15) is 0 Å². The van der Waals surface area contributed by atoms with Gasteiger partial charge in [-0.1, -0.05) is 22.0 Å². The summed E-state index contributed by atoms with van der Waals surface area (Å²) in [5, 5.41) is 0.820. The lowest BCUT2D eigenvalue weighted by Crippen LogP contribution is -2.01. The second-order valence-corrected chi connectivity index (χ2v) is 5.24. The molecule has 92 valence electrons. The average Bonchev–Trinajstić information content (AvgIpc) is 3.23. The van der Waals surface area contributed by atoms with Gasteiger partial charge in [0.05, 0.1) is 5.69 Å². The van der Waals surface area contributed by atoms with Gasteiger partial charge in [0.1, 0.15) is 5.69 Å². The van der Waals surface area contributed by atoms with Gasteiger partial charge in [0.15, 0.2) is 5.82 Å². The SMILES string of the molecule is Cc1cccnc1-c1ncc(CBr)c(C2CC2)n1. The third-order valence-electron chi connectivity index (χ3n) is 3.23. The van der Waals surface area contributed by atoms with Gasteiger partial charge in [0, 0.05) is 29.2 Å². The van der Waals surface area contributed by atoms with Crippen molar-refractivity contribution in [3.05, 3.63) is 41.3 Å². The molecule has 0 aromatic carbocycles. The second kappa shape index (κ2) is 4.76. The van der Waals surface area contributed by atoms with Crippen LogP contribution in [0.15, 0.2) is 24.5 Å². The van der Waals surface area contributed by atoms with Crippen molar-refractivity contribution in [2.24, 2.45) is 0 Å². The number of rotatable bonds is 3. The first-order chi connectivity index (χ1) is 8.79. The largest absolute Gasteiger partial charge is 0.253 e. The summed E-state index contributed by atoms with van der Waals surface area (Å²) < 4.78 is 0. The Kier molecular flexibility index (Phi) is 3.12. The van der Waals surface area contributed by atoms with Gasteiger partial charge in [-0.3, -0.25) is 4.98 Å². The van der Waals surface area contributed by atoms with Gasteiger partial charge >= 0.3 is 0 Å². The Labute approximate surface area is 115 Å². The highest BCUT2D eigenvalue weighted by Gasteiger charge is 2.28. The fourth-order valence-electron chi connectivity index (χ4n) is 2.07. The molecular weight excluding hydrogens is 290 g/mol. The number of nitrogens with zero attached hydrogens (tertiary/aromatic N) is 3. The lowest BCUT2D eigenvalue weighted by molar-refractivity contribution is 0.955. The van der Waals surface area contributed by atoms with Gasteiger partial charge in [-0.05, 0) is 31.4 Å². The molecule has 1 saturated carbocycles. The predicted octanol–water partition coefficient (Wildman–Crippen LogP) is 3.62. The Bertz CT molecular complexity index is 579. The van der Waals surface area contributed by atoms with Crippen molar-refractivity contribution in [2.75, 3.05) is 0 Å². The number of aromatic nitrogens is 3. The Morgan fingerprint density at radius 2 is 2.17 bits per heavy atom. The summed E-state index contributed by atoms with van der Waals surface area (Å²) in [4.78, 5) is 13.6. The van der Waals surface area contributed by atoms with E-state index in [0.29, 0.717) is 5.92 Å². The zero-order valence-corrected chi connectivity index (χ0v) is 11.8. The van der Waals surface area contributed by atoms with Gasteiger partial charge in [-0.2, -0.15) is 0 Å². The maximum atomic E-state index is 4.73. The molecule has 2 aromatic heterocycles. The first-order valence-electron chi connectivity index (χ1n) is 6.13. The van der Waals surface area contributed by atoms with Crippen LogP contribution in [0.3, 0.4) is 0 Å². The third-order valence-corrected chi connectivity index (χ3v) is 3.83. The average molecular weight is 304 g/mol. The van der Waals surface area contributed by atoms with Crippen molar-refractivity contribution in [1.82, 2.24) is 15.0 Å². The third kappa shape index (κ3) is 2.17. The summed E-state index contributed by atoms with van der Waals surface area (Å²) in [7, 11) is 0. The Balaban J connectivity index is 2.08. The molecule has 18 heavy (non-hydrogen) atoms. The van der Waals surface area contributed by atoms with Crippen LogP contribution in [-0.2, 0) is 5.33 Å². The van der Waals surface area contributed by atoms with E-state index in [1.54, 1.807) is 6.20 Å². The molecule has 0 aliphatic heterocycles. The van der Waals surface area contributed by atoms with E-state index in [-0.39, 0.29) is 0 Å². The quantitative estimate of drug-likeness (QED) is 0.813. The maximum Gasteiger partial charge on any atom is 0.178 e. The summed E-state index contributed by atoms with van der Waals surface area (Å²) in [6.45, 7) is 2.04. The monoisotopic (exact) mass is 303 g/mol. The summed E-state index contributed by atoms with van der Waals surface area (Å²) in [5.41, 5.74) is 4.41. The van der Waals surface area contributed by atoms with Crippen molar-refractivity contribution in [1.29, 1.82) is 0 Å². The van der Waals surface area contributed by atoms with Crippen LogP contribution < -0.4 is 0 Å². The molecule has 0 amide bonds. The lowest BCUT2D eigenvalue weighted by Gasteiger charge is -2.08. The maximum absolute atomic E-state index is 4.73. The normalized spacial score (nSPS) is 14.8. The van der Waals surface area contributed by atoms with E-state index >= 15 is 0 Å². The number of aryl methyl sites for hydroxylation is 1. The van der Waals surface area contributed by atoms with Crippen LogP contribution in [0.25, 0.3) is 11.5 Å². The summed E-state index contributed by atoms with van der Waals surface area (Å²) in [5.74, 6) is 1.38. The molecule has 0 saturated heterocycles. The smallest absolute Gasteiger partial charge is 0.178 e. The summed E-state index contributed by atoms with van der Waals surface area (Å²) >= 11 is 3.50. The number of pyridine rings is 1. The van der Waals surface area contributed by atoms with Crippen molar-refractivity contribution in [3.8, 4) is 11.5 Å². The van der Waals surface area contributed by atoms with Gasteiger partial charge in [0.25, 0.3) is 0 Å². The van der Waals surface area contributed by atoms with Gasteiger partial charge in [-0.25, -0.2) is 9.97 Å². The molecule has 2 aromatic rings. The molecule has 0 bridgehead atoms. The fourth-order valence-corrected chi connectivity index (χ4v) is 2.50. The molecule has 0 unspecified atom stereocenters. The number of alkyl halides is 1. The van der Waals surface area contributed by atoms with Crippen LogP contribution >= 0.6 is 15.9 Å². The number of halogens is 1. The van der Waals surface area contributed by atoms with Crippen molar-refractivity contribution < 1.29 is 0 Å². The van der Waals surface area contributed by atoms with Crippen LogP contribution in [0.1, 0.15) is 35.6 Å². The van der Waals surface area contributed by atoms with E-state index < -0.39 is 0 Å². The van der Waals surface area contributed by atoms with E-state index in [4.69, 9.17) is 4.98 Å². The highest BCUT2D eigenvalue weighted by Crippen LogP contribution is 2.41. The molecule has 3 rings (SSSR count). The molecule has 0 spiro atoms. The number of hydrogen-bond donors (Lipinski definition) is 0. The molecule has 2 heterocycles. The zero-order chi connectivity index (χ0) is 12.5. The first-order valence-corrected chi connectivity index (χ1v) is 7.25. The van der Waals surface area contributed by atoms with Crippen molar-refractivity contribution in [2.45, 2.75) is 31.0 Å². The van der Waals surface area contributed by atoms with E-state index in [0.717, 1.165) is 22.4 Å². The van der Waals surface area contributed by atoms with Gasteiger partial charge in [0.2, 0.25) is 0 Å². The zero-order valence-electron chi connectivity index (χ0n) is 10.2. The highest BCUT2D eigenvalue weighted by atomic mass is 79.9. The minimum Gasteiger partial charge on any atom is -0.253 e. The molecule has 0 atom stereocenters. The molecule has 4 heteroatoms. The van der Waals surface area contributed by atoms with Crippen LogP contribution in [-0.4, -0.2) is 15.0 Å². The molecule has 0 radical (unpaired) electrons. The molecular formula is C14H14BrN3. The van der Waals surface area contributed by atoms with Crippen LogP contribution in [0.4, 0.5) is 0 Å². The standard InChI is InChI=1S/C14H14BrN3/c1-9-3-2-6-16-12(9)14-17-8-11(7-15)13(18-14)10-4-5-10/h2-3,6,8,10H,4-5,7H2,1H3. The fraction of sp³-hybridized carbons (Fsp3) is 0.357. The number of hydrogen-bond acceptors (Lipinski definition) is 3. The first kappa shape index (κ1) is 11.8. The summed E-state index contributed by atoms with van der Waals surface area (Å²) in [6.07, 6.45) is 6.22. The lowest BCUT2D eigenvalue weighted by atomic mass is 10.1. The van der Waals surface area contributed by atoms with Crippen molar-refractivity contribution >= 4 is 15.9 Å². The van der Waals surface area contributed by atoms with Crippen LogP contribution in [0, 0.1) is 6.92 Å². The van der Waals surface area contributed by atoms with Crippen LogP contribution in [0.5, 0.6) is 0 Å². The van der Waals surface area contributed by atoms with Gasteiger partial charge in [-0.15, -0.1) is 0 Å². The van der Waals surface area contributed by atoms with Crippen LogP contribution in [0.2, 0.25) is 0 Å². The molecule has 1 fully saturated rings.